The topological polar surface area (TPSA) is 52.0 Å². The molecule has 0 saturated carbocycles. The van der Waals surface area contributed by atoms with Gasteiger partial charge in [0, 0.05) is 11.3 Å². The molecule has 1 aromatic heterocycles. The second-order valence-electron chi connectivity index (χ2n) is 4.45. The minimum atomic E-state index is 0.749. The number of aryl methyl sites for hydroxylation is 1. The molecule has 3 nitrogen and oxygen atoms in total. The van der Waals surface area contributed by atoms with E-state index in [1.165, 1.54) is 0 Å². The molecular formula is C16H14N2O. The van der Waals surface area contributed by atoms with Crippen LogP contribution in [0.1, 0.15) is 5.76 Å². The van der Waals surface area contributed by atoms with Gasteiger partial charge >= 0.3 is 0 Å². The van der Waals surface area contributed by atoms with E-state index < -0.39 is 0 Å². The molecule has 0 aliphatic carbocycles. The third-order valence-electron chi connectivity index (χ3n) is 3.11. The van der Waals surface area contributed by atoms with Crippen molar-refractivity contribution >= 4 is 5.69 Å². The summed E-state index contributed by atoms with van der Waals surface area (Å²) in [6.45, 7) is 1.92. The van der Waals surface area contributed by atoms with Crippen molar-refractivity contribution in [2.45, 2.75) is 6.92 Å². The van der Waals surface area contributed by atoms with Crippen molar-refractivity contribution in [3.05, 3.63) is 60.4 Å². The largest absolute Gasteiger partial charge is 0.399 e. The molecule has 1 heterocycles. The Balaban J connectivity index is 2.17. The van der Waals surface area contributed by atoms with Crippen molar-refractivity contribution in [2.24, 2.45) is 0 Å². The lowest BCUT2D eigenvalue weighted by Crippen LogP contribution is -1.86. The van der Waals surface area contributed by atoms with Gasteiger partial charge in [-0.1, -0.05) is 47.6 Å². The van der Waals surface area contributed by atoms with E-state index in [0.29, 0.717) is 0 Å². The zero-order valence-electron chi connectivity index (χ0n) is 10.6. The van der Waals surface area contributed by atoms with E-state index in [0.717, 1.165) is 33.8 Å². The van der Waals surface area contributed by atoms with Crippen LogP contribution in [0.5, 0.6) is 0 Å². The molecule has 0 spiro atoms. The summed E-state index contributed by atoms with van der Waals surface area (Å²) in [6, 6.07) is 17.8. The molecule has 3 heteroatoms. The summed E-state index contributed by atoms with van der Waals surface area (Å²) in [6.07, 6.45) is 0. The van der Waals surface area contributed by atoms with E-state index in [4.69, 9.17) is 10.3 Å². The van der Waals surface area contributed by atoms with Gasteiger partial charge in [-0.05, 0) is 24.6 Å². The van der Waals surface area contributed by atoms with Crippen LogP contribution in [0, 0.1) is 6.92 Å². The van der Waals surface area contributed by atoms with Crippen LogP contribution in [-0.4, -0.2) is 5.16 Å². The van der Waals surface area contributed by atoms with E-state index in [2.05, 4.69) is 5.16 Å². The lowest BCUT2D eigenvalue weighted by Gasteiger charge is -2.03. The Morgan fingerprint density at radius 2 is 1.58 bits per heavy atom. The van der Waals surface area contributed by atoms with Gasteiger partial charge in [-0.25, -0.2) is 0 Å². The average molecular weight is 250 g/mol. The Hall–Kier alpha value is -2.55. The first-order chi connectivity index (χ1) is 9.25. The van der Waals surface area contributed by atoms with Gasteiger partial charge in [-0.3, -0.25) is 0 Å². The second-order valence-corrected chi connectivity index (χ2v) is 4.45. The fraction of sp³-hybridized carbons (Fsp3) is 0.0625. The van der Waals surface area contributed by atoms with Gasteiger partial charge in [-0.2, -0.15) is 0 Å². The maximum Gasteiger partial charge on any atom is 0.142 e. The molecule has 0 unspecified atom stereocenters. The van der Waals surface area contributed by atoms with E-state index in [-0.39, 0.29) is 0 Å². The Morgan fingerprint density at radius 1 is 0.895 bits per heavy atom. The predicted molar refractivity (Wildman–Crippen MR) is 76.5 cm³/mol. The smallest absolute Gasteiger partial charge is 0.142 e. The molecule has 0 amide bonds. The Labute approximate surface area is 111 Å². The molecule has 0 radical (unpaired) electrons. The molecule has 3 rings (SSSR count). The normalized spacial score (nSPS) is 10.6. The zero-order chi connectivity index (χ0) is 13.2. The second kappa shape index (κ2) is 4.61. The fourth-order valence-electron chi connectivity index (χ4n) is 2.15. The molecular weight excluding hydrogens is 236 g/mol. The van der Waals surface area contributed by atoms with Crippen LogP contribution in [0.25, 0.3) is 22.4 Å². The van der Waals surface area contributed by atoms with Gasteiger partial charge < -0.3 is 10.3 Å². The van der Waals surface area contributed by atoms with Gasteiger partial charge in [0.2, 0.25) is 0 Å². The molecule has 0 atom stereocenters. The molecule has 19 heavy (non-hydrogen) atoms. The molecule has 0 fully saturated rings. The fourth-order valence-corrected chi connectivity index (χ4v) is 2.15. The van der Waals surface area contributed by atoms with Gasteiger partial charge in [-0.15, -0.1) is 0 Å². The molecule has 94 valence electrons. The maximum absolute atomic E-state index is 5.73. The number of nitrogen functional groups attached to an aromatic ring is 1. The third-order valence-corrected chi connectivity index (χ3v) is 3.11. The van der Waals surface area contributed by atoms with Crippen LogP contribution in [0.4, 0.5) is 5.69 Å². The van der Waals surface area contributed by atoms with Crippen molar-refractivity contribution in [3.63, 3.8) is 0 Å². The van der Waals surface area contributed by atoms with Crippen LogP contribution in [-0.2, 0) is 0 Å². The Morgan fingerprint density at radius 3 is 2.26 bits per heavy atom. The first-order valence-electron chi connectivity index (χ1n) is 6.13. The van der Waals surface area contributed by atoms with Crippen molar-refractivity contribution in [2.75, 3.05) is 5.73 Å². The average Bonchev–Trinajstić information content (AvgIpc) is 2.83. The highest BCUT2D eigenvalue weighted by molar-refractivity contribution is 5.82. The summed E-state index contributed by atoms with van der Waals surface area (Å²) in [5, 5.41) is 4.18. The van der Waals surface area contributed by atoms with Crippen LogP contribution in [0.3, 0.4) is 0 Å². The number of benzene rings is 2. The summed E-state index contributed by atoms with van der Waals surface area (Å²) in [5.41, 5.74) is 10.5. The maximum atomic E-state index is 5.73. The van der Waals surface area contributed by atoms with E-state index in [9.17, 15) is 0 Å². The number of anilines is 1. The van der Waals surface area contributed by atoms with Crippen molar-refractivity contribution < 1.29 is 4.52 Å². The quantitative estimate of drug-likeness (QED) is 0.702. The van der Waals surface area contributed by atoms with Crippen LogP contribution < -0.4 is 5.73 Å². The van der Waals surface area contributed by atoms with E-state index >= 15 is 0 Å². The summed E-state index contributed by atoms with van der Waals surface area (Å²) >= 11 is 0. The van der Waals surface area contributed by atoms with E-state index in [1.54, 1.807) is 0 Å². The number of rotatable bonds is 2. The monoisotopic (exact) mass is 250 g/mol. The number of aromatic nitrogens is 1. The van der Waals surface area contributed by atoms with Crippen LogP contribution in [0.2, 0.25) is 0 Å². The van der Waals surface area contributed by atoms with Crippen LogP contribution in [0.15, 0.2) is 59.1 Å². The SMILES string of the molecule is Cc1onc(-c2ccccc2)c1-c1ccc(N)cc1. The van der Waals surface area contributed by atoms with Gasteiger partial charge in [0.1, 0.15) is 11.5 Å². The van der Waals surface area contributed by atoms with Crippen molar-refractivity contribution in [1.29, 1.82) is 0 Å². The number of hydrogen-bond donors (Lipinski definition) is 1. The predicted octanol–water partition coefficient (Wildman–Crippen LogP) is 3.90. The molecule has 0 aliphatic heterocycles. The molecule has 3 aromatic rings. The number of hydrogen-bond acceptors (Lipinski definition) is 3. The lowest BCUT2D eigenvalue weighted by molar-refractivity contribution is 0.400. The Kier molecular flexibility index (Phi) is 2.80. The lowest BCUT2D eigenvalue weighted by atomic mass is 9.99. The molecule has 0 bridgehead atoms. The first-order valence-corrected chi connectivity index (χ1v) is 6.13. The minimum absolute atomic E-state index is 0.749. The summed E-state index contributed by atoms with van der Waals surface area (Å²) < 4.78 is 5.35. The number of nitrogens with zero attached hydrogens (tertiary/aromatic N) is 1. The molecule has 2 aromatic carbocycles. The number of nitrogens with two attached hydrogens (primary N) is 1. The van der Waals surface area contributed by atoms with E-state index in [1.807, 2.05) is 61.5 Å². The highest BCUT2D eigenvalue weighted by Gasteiger charge is 2.15. The van der Waals surface area contributed by atoms with Crippen molar-refractivity contribution in [1.82, 2.24) is 5.16 Å². The minimum Gasteiger partial charge on any atom is -0.399 e. The van der Waals surface area contributed by atoms with Gasteiger partial charge in [0.05, 0.1) is 5.56 Å². The van der Waals surface area contributed by atoms with Gasteiger partial charge in [0.15, 0.2) is 0 Å². The highest BCUT2D eigenvalue weighted by atomic mass is 16.5. The van der Waals surface area contributed by atoms with Crippen molar-refractivity contribution in [3.8, 4) is 22.4 Å². The standard InChI is InChI=1S/C16H14N2O/c1-11-15(12-7-9-14(17)10-8-12)16(18-19-11)13-5-3-2-4-6-13/h2-10H,17H2,1H3. The summed E-state index contributed by atoms with van der Waals surface area (Å²) in [7, 11) is 0. The Bertz CT molecular complexity index is 685. The summed E-state index contributed by atoms with van der Waals surface area (Å²) in [4.78, 5) is 0. The van der Waals surface area contributed by atoms with Gasteiger partial charge in [0.25, 0.3) is 0 Å². The molecule has 0 saturated heterocycles. The third kappa shape index (κ3) is 2.10. The zero-order valence-corrected chi connectivity index (χ0v) is 10.6. The highest BCUT2D eigenvalue weighted by Crippen LogP contribution is 2.34. The first kappa shape index (κ1) is 11.5. The van der Waals surface area contributed by atoms with Crippen LogP contribution >= 0.6 is 0 Å². The summed E-state index contributed by atoms with van der Waals surface area (Å²) in [5.74, 6) is 0.809. The molecule has 2 N–H and O–H groups in total. The molecule has 0 aliphatic rings.